The van der Waals surface area contributed by atoms with Gasteiger partial charge in [-0.2, -0.15) is 4.31 Å². The largest absolute Gasteiger partial charge is 0.341 e. The Morgan fingerprint density at radius 2 is 1.75 bits per heavy atom. The Bertz CT molecular complexity index is 934. The zero-order chi connectivity index (χ0) is 20.3. The molecule has 9 heteroatoms. The third-order valence-electron chi connectivity index (χ3n) is 4.64. The summed E-state index contributed by atoms with van der Waals surface area (Å²) < 4.78 is 27.3. The first-order valence-corrected chi connectivity index (χ1v) is 12.0. The molecular weight excluding hydrogens is 439 g/mol. The summed E-state index contributed by atoms with van der Waals surface area (Å²) in [5.74, 6) is -0.0973. The van der Waals surface area contributed by atoms with Crippen molar-refractivity contribution in [3.8, 4) is 0 Å². The van der Waals surface area contributed by atoms with Crippen LogP contribution < -0.4 is 0 Å². The van der Waals surface area contributed by atoms with Crippen LogP contribution in [0.15, 0.2) is 34.5 Å². The summed E-state index contributed by atoms with van der Waals surface area (Å²) in [7, 11) is -1.75. The van der Waals surface area contributed by atoms with Crippen molar-refractivity contribution in [3.63, 3.8) is 0 Å². The van der Waals surface area contributed by atoms with Gasteiger partial charge >= 0.3 is 0 Å². The van der Waals surface area contributed by atoms with Crippen LogP contribution in [0.1, 0.15) is 29.7 Å². The second kappa shape index (κ2) is 9.13. The number of hydrogen-bond acceptors (Lipinski definition) is 4. The monoisotopic (exact) mass is 460 g/mol. The van der Waals surface area contributed by atoms with E-state index in [1.807, 2.05) is 0 Å². The first-order valence-electron chi connectivity index (χ1n) is 9.03. The molecule has 1 saturated heterocycles. The van der Waals surface area contributed by atoms with Crippen LogP contribution in [-0.4, -0.2) is 43.7 Å². The highest BCUT2D eigenvalue weighted by Gasteiger charge is 2.27. The van der Waals surface area contributed by atoms with Gasteiger partial charge in [-0.3, -0.25) is 4.79 Å². The molecule has 2 heterocycles. The molecule has 0 atom stereocenters. The topological polar surface area (TPSA) is 57.7 Å². The Morgan fingerprint density at radius 3 is 2.39 bits per heavy atom. The molecule has 1 aliphatic rings. The lowest BCUT2D eigenvalue weighted by molar-refractivity contribution is -0.129. The van der Waals surface area contributed by atoms with Crippen molar-refractivity contribution in [3.05, 3.63) is 50.8 Å². The zero-order valence-electron chi connectivity index (χ0n) is 15.5. The molecular formula is C19H22Cl2N2O3S2. The van der Waals surface area contributed by atoms with Gasteiger partial charge in [0.05, 0.1) is 6.42 Å². The lowest BCUT2D eigenvalue weighted by Gasteiger charge is -2.25. The van der Waals surface area contributed by atoms with Crippen LogP contribution in [0.4, 0.5) is 0 Å². The Balaban J connectivity index is 1.64. The van der Waals surface area contributed by atoms with Crippen molar-refractivity contribution in [1.82, 2.24) is 9.21 Å². The molecule has 0 saturated carbocycles. The van der Waals surface area contributed by atoms with E-state index in [0.717, 1.165) is 29.7 Å². The predicted molar refractivity (Wildman–Crippen MR) is 114 cm³/mol. The average molecular weight is 461 g/mol. The number of hydrogen-bond donors (Lipinski definition) is 0. The molecule has 0 radical (unpaired) electrons. The normalized spacial score (nSPS) is 15.5. The number of amides is 1. The molecule has 0 spiro atoms. The molecule has 1 fully saturated rings. The van der Waals surface area contributed by atoms with Gasteiger partial charge < -0.3 is 4.90 Å². The summed E-state index contributed by atoms with van der Waals surface area (Å²) in [6.45, 7) is 1.52. The van der Waals surface area contributed by atoms with E-state index in [-0.39, 0.29) is 12.3 Å². The van der Waals surface area contributed by atoms with Gasteiger partial charge in [0.25, 0.3) is 10.0 Å². The van der Waals surface area contributed by atoms with Crippen LogP contribution in [0.2, 0.25) is 10.0 Å². The van der Waals surface area contributed by atoms with Crippen molar-refractivity contribution < 1.29 is 13.2 Å². The van der Waals surface area contributed by atoms with Crippen molar-refractivity contribution >= 4 is 50.5 Å². The highest BCUT2D eigenvalue weighted by atomic mass is 35.5. The first-order chi connectivity index (χ1) is 13.3. The van der Waals surface area contributed by atoms with E-state index in [1.165, 1.54) is 11.3 Å². The molecule has 0 aliphatic carbocycles. The number of sulfonamides is 1. The van der Waals surface area contributed by atoms with E-state index >= 15 is 0 Å². The zero-order valence-corrected chi connectivity index (χ0v) is 18.7. The second-order valence-corrected chi connectivity index (χ2v) is 11.1. The van der Waals surface area contributed by atoms with E-state index in [9.17, 15) is 13.2 Å². The number of carbonyl (C=O) groups excluding carboxylic acids is 1. The molecule has 1 aromatic carbocycles. The van der Waals surface area contributed by atoms with Gasteiger partial charge in [0.15, 0.2) is 0 Å². The fraction of sp³-hybridized carbons (Fsp3) is 0.421. The standard InChI is InChI=1S/C19H22Cl2N2O3S2/c1-22(13-14-9-15(20)11-16(21)10-14)18(24)12-17-5-6-19(27-17)28(25,26)23-7-3-2-4-8-23/h5-6,9-11H,2-4,7-8,12-13H2,1H3. The summed E-state index contributed by atoms with van der Waals surface area (Å²) in [4.78, 5) is 14.9. The number of piperidine rings is 1. The minimum atomic E-state index is -3.46. The van der Waals surface area contributed by atoms with E-state index in [1.54, 1.807) is 46.6 Å². The van der Waals surface area contributed by atoms with Gasteiger partial charge in [0, 0.05) is 41.6 Å². The summed E-state index contributed by atoms with van der Waals surface area (Å²) in [6.07, 6.45) is 3.02. The van der Waals surface area contributed by atoms with Gasteiger partial charge in [-0.15, -0.1) is 11.3 Å². The Kier molecular flexibility index (Phi) is 7.04. The minimum Gasteiger partial charge on any atom is -0.341 e. The van der Waals surface area contributed by atoms with Crippen molar-refractivity contribution in [2.24, 2.45) is 0 Å². The maximum atomic E-state index is 12.7. The van der Waals surface area contributed by atoms with Crippen LogP contribution in [0.3, 0.4) is 0 Å². The molecule has 1 amide bonds. The summed E-state index contributed by atoms with van der Waals surface area (Å²) in [5, 5.41) is 1.04. The molecule has 2 aromatic rings. The van der Waals surface area contributed by atoms with Crippen LogP contribution in [-0.2, 0) is 27.8 Å². The molecule has 0 N–H and O–H groups in total. The lowest BCUT2D eigenvalue weighted by atomic mass is 10.2. The number of thiophene rings is 1. The molecule has 3 rings (SSSR count). The quantitative estimate of drug-likeness (QED) is 0.640. The number of nitrogens with zero attached hydrogens (tertiary/aromatic N) is 2. The van der Waals surface area contributed by atoms with Gasteiger partial charge in [-0.05, 0) is 48.7 Å². The summed E-state index contributed by atoms with van der Waals surface area (Å²) in [6, 6.07) is 8.51. The van der Waals surface area contributed by atoms with Gasteiger partial charge in [0.1, 0.15) is 4.21 Å². The summed E-state index contributed by atoms with van der Waals surface area (Å²) >= 11 is 13.2. The number of rotatable bonds is 6. The Labute approximate surface area is 179 Å². The number of carbonyl (C=O) groups is 1. The fourth-order valence-electron chi connectivity index (χ4n) is 3.17. The second-order valence-electron chi connectivity index (χ2n) is 6.89. The predicted octanol–water partition coefficient (Wildman–Crippen LogP) is 4.43. The maximum Gasteiger partial charge on any atom is 0.252 e. The number of likely N-dealkylation sites (N-methyl/N-ethyl adjacent to an activating group) is 1. The average Bonchev–Trinajstić information content (AvgIpc) is 3.11. The third-order valence-corrected chi connectivity index (χ3v) is 8.53. The van der Waals surface area contributed by atoms with Crippen molar-refractivity contribution in [2.45, 2.75) is 36.4 Å². The highest BCUT2D eigenvalue weighted by Crippen LogP contribution is 2.28. The fourth-order valence-corrected chi connectivity index (χ4v) is 6.76. The van der Waals surface area contributed by atoms with E-state index in [4.69, 9.17) is 23.2 Å². The summed E-state index contributed by atoms with van der Waals surface area (Å²) in [5.41, 5.74) is 0.841. The smallest absolute Gasteiger partial charge is 0.252 e. The molecule has 1 aliphatic heterocycles. The van der Waals surface area contributed by atoms with E-state index in [0.29, 0.717) is 33.9 Å². The van der Waals surface area contributed by atoms with E-state index in [2.05, 4.69) is 0 Å². The van der Waals surface area contributed by atoms with Gasteiger partial charge in [0.2, 0.25) is 5.91 Å². The number of benzene rings is 1. The molecule has 1 aromatic heterocycles. The number of halogens is 2. The molecule has 152 valence electrons. The Morgan fingerprint density at radius 1 is 1.11 bits per heavy atom. The van der Waals surface area contributed by atoms with Crippen LogP contribution in [0, 0.1) is 0 Å². The minimum absolute atomic E-state index is 0.0973. The molecule has 5 nitrogen and oxygen atoms in total. The van der Waals surface area contributed by atoms with Crippen molar-refractivity contribution in [2.75, 3.05) is 20.1 Å². The van der Waals surface area contributed by atoms with Crippen LogP contribution in [0.25, 0.3) is 0 Å². The SMILES string of the molecule is CN(Cc1cc(Cl)cc(Cl)c1)C(=O)Cc1ccc(S(=O)(=O)N2CCCCC2)s1. The lowest BCUT2D eigenvalue weighted by Crippen LogP contribution is -2.35. The van der Waals surface area contributed by atoms with Crippen molar-refractivity contribution in [1.29, 1.82) is 0 Å². The Hall–Kier alpha value is -1.12. The van der Waals surface area contributed by atoms with E-state index < -0.39 is 10.0 Å². The molecule has 28 heavy (non-hydrogen) atoms. The van der Waals surface area contributed by atoms with Crippen LogP contribution in [0.5, 0.6) is 0 Å². The first kappa shape index (κ1) is 21.6. The van der Waals surface area contributed by atoms with Crippen LogP contribution >= 0.6 is 34.5 Å². The molecule has 0 bridgehead atoms. The highest BCUT2D eigenvalue weighted by molar-refractivity contribution is 7.91. The third kappa shape index (κ3) is 5.27. The molecule has 0 unspecified atom stereocenters. The maximum absolute atomic E-state index is 12.7. The van der Waals surface area contributed by atoms with Gasteiger partial charge in [-0.1, -0.05) is 29.6 Å². The van der Waals surface area contributed by atoms with Gasteiger partial charge in [-0.25, -0.2) is 8.42 Å².